The molecule has 0 unspecified atom stereocenters. The Hall–Kier alpha value is -2.17. The Morgan fingerprint density at radius 3 is 2.63 bits per heavy atom. The van der Waals surface area contributed by atoms with E-state index in [1.807, 2.05) is 26.8 Å². The maximum absolute atomic E-state index is 15.0. The number of fused-ring (bicyclic) bond motifs is 2. The largest absolute Gasteiger partial charge is 0.371 e. The monoisotopic (exact) mass is 484 g/mol. The van der Waals surface area contributed by atoms with Crippen LogP contribution in [-0.4, -0.2) is 54.4 Å². The SMILES string of the molecule is CC1(C)CCN(c2ccc(C[C@@H](C#N)NC(=O)[C@@H]3[C@H]4CC[C@H](C4)N3COC(C)(C)C)c(F)c2)CC1. The number of nitrogens with zero attached hydrogens (tertiary/aromatic N) is 3. The van der Waals surface area contributed by atoms with E-state index in [-0.39, 0.29) is 35.7 Å². The molecule has 2 bridgehead atoms. The van der Waals surface area contributed by atoms with Crippen LogP contribution in [0.1, 0.15) is 72.3 Å². The van der Waals surface area contributed by atoms with Gasteiger partial charge in [0.05, 0.1) is 17.7 Å². The van der Waals surface area contributed by atoms with Gasteiger partial charge in [0, 0.05) is 31.2 Å². The average molecular weight is 485 g/mol. The number of carbonyl (C=O) groups excluding carboxylic acids is 1. The molecule has 3 fully saturated rings. The van der Waals surface area contributed by atoms with E-state index in [0.29, 0.717) is 23.8 Å². The molecule has 1 aromatic carbocycles. The van der Waals surface area contributed by atoms with Gasteiger partial charge in [-0.2, -0.15) is 5.26 Å². The van der Waals surface area contributed by atoms with Gasteiger partial charge >= 0.3 is 0 Å². The minimum atomic E-state index is -0.775. The van der Waals surface area contributed by atoms with E-state index in [0.717, 1.165) is 50.9 Å². The second kappa shape index (κ2) is 10.1. The molecule has 1 amide bonds. The molecule has 7 heteroatoms. The number of rotatable bonds is 7. The van der Waals surface area contributed by atoms with E-state index in [1.165, 1.54) is 0 Å². The van der Waals surface area contributed by atoms with E-state index in [4.69, 9.17) is 4.74 Å². The van der Waals surface area contributed by atoms with Crippen molar-refractivity contribution in [3.8, 4) is 6.07 Å². The van der Waals surface area contributed by atoms with Crippen LogP contribution in [-0.2, 0) is 16.0 Å². The second-order valence-corrected chi connectivity index (χ2v) is 12.4. The van der Waals surface area contributed by atoms with Crippen molar-refractivity contribution >= 4 is 11.6 Å². The fourth-order valence-electron chi connectivity index (χ4n) is 5.77. The smallest absolute Gasteiger partial charge is 0.238 e. The lowest BCUT2D eigenvalue weighted by Crippen LogP contribution is -2.53. The number of hydrogen-bond donors (Lipinski definition) is 1. The average Bonchev–Trinajstić information content (AvgIpc) is 3.39. The van der Waals surface area contributed by atoms with Crippen LogP contribution < -0.4 is 10.2 Å². The third-order valence-electron chi connectivity index (χ3n) is 8.05. The fourth-order valence-corrected chi connectivity index (χ4v) is 5.77. The molecule has 1 N–H and O–H groups in total. The summed E-state index contributed by atoms with van der Waals surface area (Å²) in [5, 5.41) is 12.7. The standard InChI is InChI=1S/C28H41FN4O2/c1-27(2,3)35-18-33-23-9-7-20(15-23)25(33)26(34)31-21(17-30)14-19-6-8-22(16-24(19)29)32-12-10-28(4,5)11-13-32/h6,8,16,20-21,23,25H,7,9-15,18H2,1-5H3,(H,31,34)/t20-,21-,23+,25-/m0/s1. The lowest BCUT2D eigenvalue weighted by molar-refractivity contribution is -0.136. The van der Waals surface area contributed by atoms with E-state index >= 15 is 4.39 Å². The highest BCUT2D eigenvalue weighted by Crippen LogP contribution is 2.42. The van der Waals surface area contributed by atoms with Crippen LogP contribution in [0.25, 0.3) is 0 Å². The van der Waals surface area contributed by atoms with E-state index in [1.54, 1.807) is 12.1 Å². The molecule has 1 saturated carbocycles. The Morgan fingerprint density at radius 1 is 1.29 bits per heavy atom. The molecular weight excluding hydrogens is 443 g/mol. The van der Waals surface area contributed by atoms with Crippen LogP contribution in [0.5, 0.6) is 0 Å². The van der Waals surface area contributed by atoms with Crippen LogP contribution in [0.3, 0.4) is 0 Å². The van der Waals surface area contributed by atoms with Crippen LogP contribution in [0.15, 0.2) is 18.2 Å². The number of benzene rings is 1. The summed E-state index contributed by atoms with van der Waals surface area (Å²) in [6, 6.07) is 6.74. The summed E-state index contributed by atoms with van der Waals surface area (Å²) in [5.41, 5.74) is 1.39. The summed E-state index contributed by atoms with van der Waals surface area (Å²) >= 11 is 0. The van der Waals surface area contributed by atoms with Gasteiger partial charge < -0.3 is 15.0 Å². The number of piperidine rings is 2. The quantitative estimate of drug-likeness (QED) is 0.611. The molecule has 0 spiro atoms. The number of hydrogen-bond acceptors (Lipinski definition) is 5. The molecule has 2 heterocycles. The summed E-state index contributed by atoms with van der Waals surface area (Å²) < 4.78 is 21.0. The van der Waals surface area contributed by atoms with Crippen LogP contribution in [0, 0.1) is 28.5 Å². The Kier molecular flexibility index (Phi) is 7.45. The van der Waals surface area contributed by atoms with Gasteiger partial charge in [-0.3, -0.25) is 9.69 Å². The first-order valence-electron chi connectivity index (χ1n) is 13.1. The molecule has 1 aromatic rings. The van der Waals surface area contributed by atoms with Crippen LogP contribution in [0.4, 0.5) is 10.1 Å². The molecule has 4 atom stereocenters. The van der Waals surface area contributed by atoms with Crippen molar-refractivity contribution in [1.29, 1.82) is 5.26 Å². The Balaban J connectivity index is 1.38. The molecule has 2 aliphatic heterocycles. The molecule has 6 nitrogen and oxygen atoms in total. The fraction of sp³-hybridized carbons (Fsp3) is 0.714. The number of likely N-dealkylation sites (tertiary alicyclic amines) is 1. The van der Waals surface area contributed by atoms with Crippen molar-refractivity contribution in [3.63, 3.8) is 0 Å². The molecule has 0 aromatic heterocycles. The van der Waals surface area contributed by atoms with Crippen molar-refractivity contribution in [2.75, 3.05) is 24.7 Å². The zero-order chi connectivity index (χ0) is 25.4. The lowest BCUT2D eigenvalue weighted by atomic mass is 9.82. The van der Waals surface area contributed by atoms with Crippen LogP contribution in [0.2, 0.25) is 0 Å². The predicted octanol–water partition coefficient (Wildman–Crippen LogP) is 4.63. The van der Waals surface area contributed by atoms with E-state index in [9.17, 15) is 10.1 Å². The molecule has 35 heavy (non-hydrogen) atoms. The van der Waals surface area contributed by atoms with E-state index < -0.39 is 6.04 Å². The van der Waals surface area contributed by atoms with Gasteiger partial charge in [0.25, 0.3) is 0 Å². The molecule has 4 rings (SSSR count). The number of ether oxygens (including phenoxy) is 1. The van der Waals surface area contributed by atoms with Gasteiger partial charge in [0.2, 0.25) is 5.91 Å². The van der Waals surface area contributed by atoms with Gasteiger partial charge in [-0.1, -0.05) is 19.9 Å². The van der Waals surface area contributed by atoms with Crippen molar-refractivity contribution in [1.82, 2.24) is 10.2 Å². The van der Waals surface area contributed by atoms with Gasteiger partial charge in [-0.15, -0.1) is 0 Å². The third kappa shape index (κ3) is 6.16. The number of anilines is 1. The Labute approximate surface area is 209 Å². The zero-order valence-electron chi connectivity index (χ0n) is 21.9. The first-order chi connectivity index (χ1) is 16.5. The maximum atomic E-state index is 15.0. The van der Waals surface area contributed by atoms with Crippen molar-refractivity contribution in [3.05, 3.63) is 29.6 Å². The van der Waals surface area contributed by atoms with Crippen molar-refractivity contribution in [2.45, 2.75) is 96.9 Å². The number of nitriles is 1. The minimum absolute atomic E-state index is 0.144. The van der Waals surface area contributed by atoms with Crippen molar-refractivity contribution in [2.24, 2.45) is 11.3 Å². The molecule has 1 aliphatic carbocycles. The normalized spacial score (nSPS) is 27.0. The summed E-state index contributed by atoms with van der Waals surface area (Å²) in [6.45, 7) is 12.8. The summed E-state index contributed by atoms with van der Waals surface area (Å²) in [4.78, 5) is 17.6. The topological polar surface area (TPSA) is 68.6 Å². The summed E-state index contributed by atoms with van der Waals surface area (Å²) in [6.07, 6.45) is 5.41. The second-order valence-electron chi connectivity index (χ2n) is 12.4. The number of halogens is 1. The zero-order valence-corrected chi connectivity index (χ0v) is 21.9. The lowest BCUT2D eigenvalue weighted by Gasteiger charge is -2.38. The van der Waals surface area contributed by atoms with Crippen LogP contribution >= 0.6 is 0 Å². The molecule has 192 valence electrons. The highest BCUT2D eigenvalue weighted by Gasteiger charge is 2.49. The van der Waals surface area contributed by atoms with Gasteiger partial charge in [-0.05, 0) is 81.9 Å². The molecular formula is C28H41FN4O2. The number of amides is 1. The number of nitrogens with one attached hydrogen (secondary N) is 1. The first kappa shape index (κ1) is 25.9. The van der Waals surface area contributed by atoms with Crippen molar-refractivity contribution < 1.29 is 13.9 Å². The predicted molar refractivity (Wildman–Crippen MR) is 135 cm³/mol. The Morgan fingerprint density at radius 2 is 2.00 bits per heavy atom. The molecule has 3 aliphatic rings. The summed E-state index contributed by atoms with van der Waals surface area (Å²) in [5.74, 6) is -0.176. The van der Waals surface area contributed by atoms with Gasteiger partial charge in [0.1, 0.15) is 18.6 Å². The molecule has 0 radical (unpaired) electrons. The maximum Gasteiger partial charge on any atom is 0.238 e. The number of carbonyl (C=O) groups is 1. The molecule has 2 saturated heterocycles. The Bertz CT molecular complexity index is 957. The highest BCUT2D eigenvalue weighted by molar-refractivity contribution is 5.83. The van der Waals surface area contributed by atoms with Gasteiger partial charge in [-0.25, -0.2) is 4.39 Å². The first-order valence-corrected chi connectivity index (χ1v) is 13.1. The summed E-state index contributed by atoms with van der Waals surface area (Å²) in [7, 11) is 0. The minimum Gasteiger partial charge on any atom is -0.371 e. The highest BCUT2D eigenvalue weighted by atomic mass is 19.1. The van der Waals surface area contributed by atoms with E-state index in [2.05, 4.69) is 35.0 Å². The van der Waals surface area contributed by atoms with Gasteiger partial charge in [0.15, 0.2) is 0 Å². The third-order valence-corrected chi connectivity index (χ3v) is 8.05.